The molecule has 0 saturated carbocycles. The molecule has 22 heavy (non-hydrogen) atoms. The van der Waals surface area contributed by atoms with Crippen LogP contribution in [0.1, 0.15) is 12.8 Å². The monoisotopic (exact) mass is 304 g/mol. The molecule has 3 N–H and O–H groups in total. The molecule has 1 aromatic rings. The summed E-state index contributed by atoms with van der Waals surface area (Å²) in [7, 11) is 1.80. The van der Waals surface area contributed by atoms with Gasteiger partial charge in [0.25, 0.3) is 0 Å². The molecular formula is C16H24N4O2. The van der Waals surface area contributed by atoms with Crippen molar-refractivity contribution in [1.82, 2.24) is 10.2 Å². The topological polar surface area (TPSA) is 78.7 Å². The van der Waals surface area contributed by atoms with Crippen LogP contribution in [0.3, 0.4) is 0 Å². The summed E-state index contributed by atoms with van der Waals surface area (Å²) in [5, 5.41) is 2.53. The van der Waals surface area contributed by atoms with Crippen LogP contribution in [0.2, 0.25) is 0 Å². The molecule has 1 aromatic carbocycles. The van der Waals surface area contributed by atoms with Crippen molar-refractivity contribution in [2.45, 2.75) is 18.9 Å². The zero-order valence-electron chi connectivity index (χ0n) is 13.0. The standard InChI is InChI=1S/C16H24N4O2/c1-19(16(22)11-18-15(21)10-17)14-8-5-9-20(12-14)13-6-3-2-4-7-13/h2-4,6-7,14H,5,8-12,17H2,1H3,(H,18,21). The molecule has 0 aromatic heterocycles. The Hall–Kier alpha value is -2.08. The first-order chi connectivity index (χ1) is 10.6. The second-order valence-electron chi connectivity index (χ2n) is 5.56. The third-order valence-corrected chi connectivity index (χ3v) is 4.08. The number of likely N-dealkylation sites (N-methyl/N-ethyl adjacent to an activating group) is 1. The van der Waals surface area contributed by atoms with Gasteiger partial charge in [-0.25, -0.2) is 0 Å². The van der Waals surface area contributed by atoms with Crippen LogP contribution in [0.4, 0.5) is 5.69 Å². The summed E-state index contributed by atoms with van der Waals surface area (Å²) in [5.74, 6) is -0.391. The molecule has 6 nitrogen and oxygen atoms in total. The van der Waals surface area contributed by atoms with E-state index >= 15 is 0 Å². The van der Waals surface area contributed by atoms with Crippen molar-refractivity contribution in [1.29, 1.82) is 0 Å². The Morgan fingerprint density at radius 2 is 2.09 bits per heavy atom. The lowest BCUT2D eigenvalue weighted by molar-refractivity contribution is -0.133. The molecule has 0 spiro atoms. The normalized spacial score (nSPS) is 17.9. The third kappa shape index (κ3) is 4.21. The maximum atomic E-state index is 12.2. The maximum Gasteiger partial charge on any atom is 0.242 e. The fourth-order valence-corrected chi connectivity index (χ4v) is 2.72. The number of carbonyl (C=O) groups excluding carboxylic acids is 2. The Kier molecular flexibility index (Phi) is 5.77. The van der Waals surface area contributed by atoms with Crippen LogP contribution in [-0.2, 0) is 9.59 Å². The molecule has 2 amide bonds. The molecule has 1 heterocycles. The van der Waals surface area contributed by atoms with Crippen LogP contribution in [-0.4, -0.2) is 56.0 Å². The van der Waals surface area contributed by atoms with E-state index in [1.54, 1.807) is 11.9 Å². The summed E-state index contributed by atoms with van der Waals surface area (Å²) in [6.07, 6.45) is 2.03. The van der Waals surface area contributed by atoms with Gasteiger partial charge in [-0.15, -0.1) is 0 Å². The molecule has 0 aliphatic carbocycles. The van der Waals surface area contributed by atoms with E-state index in [4.69, 9.17) is 5.73 Å². The quantitative estimate of drug-likeness (QED) is 0.814. The van der Waals surface area contributed by atoms with Gasteiger partial charge in [-0.2, -0.15) is 0 Å². The van der Waals surface area contributed by atoms with Gasteiger partial charge in [0.15, 0.2) is 0 Å². The van der Waals surface area contributed by atoms with E-state index in [2.05, 4.69) is 22.3 Å². The lowest BCUT2D eigenvalue weighted by atomic mass is 10.0. The summed E-state index contributed by atoms with van der Waals surface area (Å²) in [4.78, 5) is 27.3. The average molecular weight is 304 g/mol. The van der Waals surface area contributed by atoms with E-state index in [0.717, 1.165) is 25.9 Å². The van der Waals surface area contributed by atoms with E-state index in [1.807, 2.05) is 18.2 Å². The number of anilines is 1. The van der Waals surface area contributed by atoms with Gasteiger partial charge >= 0.3 is 0 Å². The van der Waals surface area contributed by atoms with Gasteiger partial charge in [0.05, 0.1) is 13.1 Å². The Morgan fingerprint density at radius 3 is 2.77 bits per heavy atom. The average Bonchev–Trinajstić information content (AvgIpc) is 2.59. The predicted octanol–water partition coefficient (Wildman–Crippen LogP) is 0.189. The predicted molar refractivity (Wildman–Crippen MR) is 86.5 cm³/mol. The number of rotatable bonds is 5. The number of nitrogens with one attached hydrogen (secondary N) is 1. The number of para-hydroxylation sites is 1. The highest BCUT2D eigenvalue weighted by Crippen LogP contribution is 2.21. The molecule has 1 fully saturated rings. The van der Waals surface area contributed by atoms with Crippen molar-refractivity contribution in [3.8, 4) is 0 Å². The van der Waals surface area contributed by atoms with E-state index < -0.39 is 0 Å². The Bertz CT molecular complexity index is 506. The Morgan fingerprint density at radius 1 is 1.36 bits per heavy atom. The van der Waals surface area contributed by atoms with Crippen molar-refractivity contribution in [3.05, 3.63) is 30.3 Å². The fraction of sp³-hybridized carbons (Fsp3) is 0.500. The lowest BCUT2D eigenvalue weighted by Crippen LogP contribution is -2.51. The van der Waals surface area contributed by atoms with E-state index in [-0.39, 0.29) is 30.9 Å². The number of carbonyl (C=O) groups is 2. The summed E-state index contributed by atoms with van der Waals surface area (Å²) in [6.45, 7) is 1.74. The Balaban J connectivity index is 1.91. The molecule has 0 radical (unpaired) electrons. The van der Waals surface area contributed by atoms with Crippen LogP contribution in [0.25, 0.3) is 0 Å². The molecule has 1 aliphatic heterocycles. The van der Waals surface area contributed by atoms with Gasteiger partial charge in [0.1, 0.15) is 0 Å². The van der Waals surface area contributed by atoms with Gasteiger partial charge in [0, 0.05) is 31.9 Å². The zero-order chi connectivity index (χ0) is 15.9. The molecule has 6 heteroatoms. The SMILES string of the molecule is CN(C(=O)CNC(=O)CN)C1CCCN(c2ccccc2)C1. The first-order valence-electron chi connectivity index (χ1n) is 7.64. The van der Waals surface area contributed by atoms with Gasteiger partial charge in [-0.1, -0.05) is 18.2 Å². The number of amides is 2. The van der Waals surface area contributed by atoms with Crippen LogP contribution in [0, 0.1) is 0 Å². The number of piperidine rings is 1. The van der Waals surface area contributed by atoms with Gasteiger partial charge in [-0.05, 0) is 25.0 Å². The van der Waals surface area contributed by atoms with Crippen molar-refractivity contribution in [3.63, 3.8) is 0 Å². The van der Waals surface area contributed by atoms with E-state index in [1.165, 1.54) is 5.69 Å². The van der Waals surface area contributed by atoms with Gasteiger partial charge in [0.2, 0.25) is 11.8 Å². The lowest BCUT2D eigenvalue weighted by Gasteiger charge is -2.38. The number of nitrogens with two attached hydrogens (primary N) is 1. The molecule has 1 unspecified atom stereocenters. The molecule has 1 atom stereocenters. The first kappa shape index (κ1) is 16.3. The highest BCUT2D eigenvalue weighted by Gasteiger charge is 2.26. The summed E-state index contributed by atoms with van der Waals surface area (Å²) >= 11 is 0. The largest absolute Gasteiger partial charge is 0.369 e. The van der Waals surface area contributed by atoms with Gasteiger partial charge < -0.3 is 20.9 Å². The minimum Gasteiger partial charge on any atom is -0.369 e. The number of hydrogen-bond acceptors (Lipinski definition) is 4. The van der Waals surface area contributed by atoms with Crippen molar-refractivity contribution in [2.75, 3.05) is 38.1 Å². The van der Waals surface area contributed by atoms with Crippen LogP contribution in [0.5, 0.6) is 0 Å². The zero-order valence-corrected chi connectivity index (χ0v) is 13.0. The highest BCUT2D eigenvalue weighted by molar-refractivity contribution is 5.85. The second kappa shape index (κ2) is 7.79. The van der Waals surface area contributed by atoms with Gasteiger partial charge in [-0.3, -0.25) is 9.59 Å². The van der Waals surface area contributed by atoms with E-state index in [0.29, 0.717) is 0 Å². The first-order valence-corrected chi connectivity index (χ1v) is 7.64. The molecule has 1 saturated heterocycles. The fourth-order valence-electron chi connectivity index (χ4n) is 2.72. The van der Waals surface area contributed by atoms with Crippen LogP contribution in [0.15, 0.2) is 30.3 Å². The number of nitrogens with zero attached hydrogens (tertiary/aromatic N) is 2. The number of hydrogen-bond donors (Lipinski definition) is 2. The van der Waals surface area contributed by atoms with E-state index in [9.17, 15) is 9.59 Å². The summed E-state index contributed by atoms with van der Waals surface area (Å²) < 4.78 is 0. The molecule has 120 valence electrons. The summed E-state index contributed by atoms with van der Waals surface area (Å²) in [6, 6.07) is 10.4. The molecular weight excluding hydrogens is 280 g/mol. The molecule has 0 bridgehead atoms. The third-order valence-electron chi connectivity index (χ3n) is 4.08. The Labute approximate surface area is 131 Å². The van der Waals surface area contributed by atoms with Crippen LogP contribution < -0.4 is 16.0 Å². The summed E-state index contributed by atoms with van der Waals surface area (Å²) in [5.41, 5.74) is 6.40. The minimum atomic E-state index is -0.309. The minimum absolute atomic E-state index is 0.00830. The highest BCUT2D eigenvalue weighted by atomic mass is 16.2. The molecule has 2 rings (SSSR count). The van der Waals surface area contributed by atoms with Crippen LogP contribution >= 0.6 is 0 Å². The molecule has 1 aliphatic rings. The second-order valence-corrected chi connectivity index (χ2v) is 5.56. The smallest absolute Gasteiger partial charge is 0.242 e. The van der Waals surface area contributed by atoms with Crippen molar-refractivity contribution < 1.29 is 9.59 Å². The van der Waals surface area contributed by atoms with Crippen molar-refractivity contribution >= 4 is 17.5 Å². The number of benzene rings is 1. The van der Waals surface area contributed by atoms with Crippen molar-refractivity contribution in [2.24, 2.45) is 5.73 Å². The maximum absolute atomic E-state index is 12.2.